The molecule has 0 saturated carbocycles. The Morgan fingerprint density at radius 2 is 2.26 bits per heavy atom. The van der Waals surface area contributed by atoms with Gasteiger partial charge in [0.05, 0.1) is 0 Å². The molecule has 0 radical (unpaired) electrons. The Balaban J connectivity index is 1.94. The van der Waals surface area contributed by atoms with Gasteiger partial charge in [-0.3, -0.25) is 0 Å². The van der Waals surface area contributed by atoms with Gasteiger partial charge in [-0.25, -0.2) is 9.78 Å². The minimum atomic E-state index is -0.931. The number of anilines is 1. The normalized spacial score (nSPS) is 17.3. The van der Waals surface area contributed by atoms with E-state index in [4.69, 9.17) is 5.11 Å². The van der Waals surface area contributed by atoms with Crippen molar-refractivity contribution in [3.8, 4) is 0 Å². The predicted octanol–water partition coefficient (Wildman–Crippen LogP) is 2.07. The fourth-order valence-corrected chi connectivity index (χ4v) is 2.50. The maximum Gasteiger partial charge on any atom is 0.339 e. The van der Waals surface area contributed by atoms with Crippen LogP contribution in [0.15, 0.2) is 18.3 Å². The van der Waals surface area contributed by atoms with Crippen LogP contribution >= 0.6 is 0 Å². The molecule has 1 saturated heterocycles. The molecule has 5 nitrogen and oxygen atoms in total. The molecule has 0 amide bonds. The minimum absolute atomic E-state index is 0.249. The third kappa shape index (κ3) is 3.67. The first-order chi connectivity index (χ1) is 9.20. The van der Waals surface area contributed by atoms with Crippen molar-refractivity contribution < 1.29 is 9.90 Å². The van der Waals surface area contributed by atoms with Crippen molar-refractivity contribution in [2.45, 2.75) is 32.2 Å². The number of nitrogens with one attached hydrogen (secondary N) is 1. The van der Waals surface area contributed by atoms with E-state index in [1.54, 1.807) is 18.3 Å². The van der Waals surface area contributed by atoms with Gasteiger partial charge in [0.25, 0.3) is 0 Å². The van der Waals surface area contributed by atoms with E-state index in [0.717, 1.165) is 32.5 Å². The van der Waals surface area contributed by atoms with Crippen molar-refractivity contribution in [3.63, 3.8) is 0 Å². The molecular weight excluding hydrogens is 242 g/mol. The zero-order valence-electron chi connectivity index (χ0n) is 11.3. The van der Waals surface area contributed by atoms with Crippen molar-refractivity contribution in [3.05, 3.63) is 23.9 Å². The van der Waals surface area contributed by atoms with Gasteiger partial charge in [0.2, 0.25) is 0 Å². The van der Waals surface area contributed by atoms with Gasteiger partial charge in [-0.2, -0.15) is 0 Å². The van der Waals surface area contributed by atoms with Crippen LogP contribution in [-0.2, 0) is 0 Å². The summed E-state index contributed by atoms with van der Waals surface area (Å²) in [6, 6.07) is 3.56. The molecule has 1 fully saturated rings. The molecule has 104 valence electrons. The van der Waals surface area contributed by atoms with Crippen molar-refractivity contribution in [2.75, 3.05) is 25.0 Å². The molecule has 2 heterocycles. The van der Waals surface area contributed by atoms with E-state index < -0.39 is 5.97 Å². The number of aromatic carboxylic acids is 1. The number of carboxylic acids is 1. The summed E-state index contributed by atoms with van der Waals surface area (Å²) in [7, 11) is 0. The molecule has 1 aliphatic rings. The minimum Gasteiger partial charge on any atom is -0.478 e. The van der Waals surface area contributed by atoms with Crippen LogP contribution in [0.4, 0.5) is 5.82 Å². The average Bonchev–Trinajstić information content (AvgIpc) is 2.42. The molecule has 0 aromatic carbocycles. The SMILES string of the molecule is CCCN1CCC(Nc2ncccc2C(=O)O)CC1. The van der Waals surface area contributed by atoms with Crippen LogP contribution in [0.2, 0.25) is 0 Å². The first kappa shape index (κ1) is 13.8. The maximum atomic E-state index is 11.1. The van der Waals surface area contributed by atoms with Crippen LogP contribution in [-0.4, -0.2) is 46.6 Å². The third-order valence-electron chi connectivity index (χ3n) is 3.51. The van der Waals surface area contributed by atoms with Crippen LogP contribution in [0.3, 0.4) is 0 Å². The molecular formula is C14H21N3O2. The summed E-state index contributed by atoms with van der Waals surface area (Å²) < 4.78 is 0. The highest BCUT2D eigenvalue weighted by Crippen LogP contribution is 2.18. The van der Waals surface area contributed by atoms with E-state index in [-0.39, 0.29) is 5.56 Å². The van der Waals surface area contributed by atoms with Crippen LogP contribution in [0.25, 0.3) is 0 Å². The summed E-state index contributed by atoms with van der Waals surface area (Å²) in [6.07, 6.45) is 4.88. The topological polar surface area (TPSA) is 65.5 Å². The van der Waals surface area contributed by atoms with Gasteiger partial charge in [0.1, 0.15) is 11.4 Å². The number of hydrogen-bond acceptors (Lipinski definition) is 4. The molecule has 0 unspecified atom stereocenters. The monoisotopic (exact) mass is 263 g/mol. The number of piperidine rings is 1. The maximum absolute atomic E-state index is 11.1. The second-order valence-corrected chi connectivity index (χ2v) is 4.96. The number of likely N-dealkylation sites (tertiary alicyclic amines) is 1. The highest BCUT2D eigenvalue weighted by molar-refractivity contribution is 5.93. The second-order valence-electron chi connectivity index (χ2n) is 4.96. The first-order valence-electron chi connectivity index (χ1n) is 6.88. The van der Waals surface area contributed by atoms with Crippen LogP contribution < -0.4 is 5.32 Å². The molecule has 2 N–H and O–H groups in total. The number of nitrogens with zero attached hydrogens (tertiary/aromatic N) is 2. The standard InChI is InChI=1S/C14H21N3O2/c1-2-8-17-9-5-11(6-10-17)16-13-12(14(18)19)4-3-7-15-13/h3-4,7,11H,2,5-6,8-10H2,1H3,(H,15,16)(H,18,19). The quantitative estimate of drug-likeness (QED) is 0.851. The number of aromatic nitrogens is 1. The highest BCUT2D eigenvalue weighted by Gasteiger charge is 2.20. The van der Waals surface area contributed by atoms with Gasteiger partial charge in [-0.15, -0.1) is 0 Å². The van der Waals surface area contributed by atoms with Crippen LogP contribution in [0.1, 0.15) is 36.5 Å². The number of rotatable bonds is 5. The van der Waals surface area contributed by atoms with Gasteiger partial charge in [0, 0.05) is 25.3 Å². The lowest BCUT2D eigenvalue weighted by Gasteiger charge is -2.32. The van der Waals surface area contributed by atoms with Gasteiger partial charge >= 0.3 is 5.97 Å². The Kier molecular flexibility index (Phi) is 4.74. The van der Waals surface area contributed by atoms with Gasteiger partial charge < -0.3 is 15.3 Å². The van der Waals surface area contributed by atoms with Crippen molar-refractivity contribution in [1.82, 2.24) is 9.88 Å². The largest absolute Gasteiger partial charge is 0.478 e. The van der Waals surface area contributed by atoms with Crippen LogP contribution in [0, 0.1) is 0 Å². The smallest absolute Gasteiger partial charge is 0.339 e. The predicted molar refractivity (Wildman–Crippen MR) is 74.6 cm³/mol. The zero-order chi connectivity index (χ0) is 13.7. The summed E-state index contributed by atoms with van der Waals surface area (Å²) in [5.41, 5.74) is 0.249. The number of carboxylic acid groups (broad SMARTS) is 1. The molecule has 0 bridgehead atoms. The summed E-state index contributed by atoms with van der Waals surface area (Å²) in [5, 5.41) is 12.4. The Morgan fingerprint density at radius 3 is 2.89 bits per heavy atom. The summed E-state index contributed by atoms with van der Waals surface area (Å²) >= 11 is 0. The van der Waals surface area contributed by atoms with Crippen molar-refractivity contribution in [2.24, 2.45) is 0 Å². The van der Waals surface area contributed by atoms with Crippen LogP contribution in [0.5, 0.6) is 0 Å². The second kappa shape index (κ2) is 6.52. The number of carbonyl (C=O) groups is 1. The van der Waals surface area contributed by atoms with Gasteiger partial charge in [0.15, 0.2) is 0 Å². The Morgan fingerprint density at radius 1 is 1.53 bits per heavy atom. The van der Waals surface area contributed by atoms with E-state index in [9.17, 15) is 4.79 Å². The molecule has 1 aromatic rings. The number of hydrogen-bond donors (Lipinski definition) is 2. The zero-order valence-corrected chi connectivity index (χ0v) is 11.3. The molecule has 0 atom stereocenters. The molecule has 0 aliphatic carbocycles. The molecule has 19 heavy (non-hydrogen) atoms. The summed E-state index contributed by atoms with van der Waals surface area (Å²) in [5.74, 6) is -0.442. The highest BCUT2D eigenvalue weighted by atomic mass is 16.4. The summed E-state index contributed by atoms with van der Waals surface area (Å²) in [6.45, 7) is 5.48. The van der Waals surface area contributed by atoms with E-state index in [0.29, 0.717) is 11.9 Å². The Bertz CT molecular complexity index is 428. The Hall–Kier alpha value is -1.62. The fourth-order valence-electron chi connectivity index (χ4n) is 2.50. The lowest BCUT2D eigenvalue weighted by Crippen LogP contribution is -2.39. The molecule has 1 aliphatic heterocycles. The Labute approximate surface area is 113 Å². The van der Waals surface area contributed by atoms with E-state index >= 15 is 0 Å². The first-order valence-corrected chi connectivity index (χ1v) is 6.88. The molecule has 2 rings (SSSR count). The van der Waals surface area contributed by atoms with Gasteiger partial charge in [-0.1, -0.05) is 6.92 Å². The fraction of sp³-hybridized carbons (Fsp3) is 0.571. The molecule has 5 heteroatoms. The third-order valence-corrected chi connectivity index (χ3v) is 3.51. The van der Waals surface area contributed by atoms with Crippen molar-refractivity contribution in [1.29, 1.82) is 0 Å². The van der Waals surface area contributed by atoms with Gasteiger partial charge in [-0.05, 0) is 37.9 Å². The van der Waals surface area contributed by atoms with E-state index in [1.807, 2.05) is 0 Å². The lowest BCUT2D eigenvalue weighted by molar-refractivity contribution is 0.0697. The van der Waals surface area contributed by atoms with Crippen molar-refractivity contribution >= 4 is 11.8 Å². The lowest BCUT2D eigenvalue weighted by atomic mass is 10.0. The summed E-state index contributed by atoms with van der Waals surface area (Å²) in [4.78, 5) is 17.7. The number of pyridine rings is 1. The van der Waals surface area contributed by atoms with E-state index in [1.165, 1.54) is 6.42 Å². The molecule has 1 aromatic heterocycles. The average molecular weight is 263 g/mol. The van der Waals surface area contributed by atoms with E-state index in [2.05, 4.69) is 22.1 Å². The molecule has 0 spiro atoms.